The smallest absolute Gasteiger partial charge is 0.189 e. The van der Waals surface area contributed by atoms with Crippen LogP contribution in [0.15, 0.2) is 60.8 Å². The summed E-state index contributed by atoms with van der Waals surface area (Å²) in [5.74, 6) is 1.47. The zero-order chi connectivity index (χ0) is 19.2. The number of hydrogen-bond donors (Lipinski definition) is 0. The van der Waals surface area contributed by atoms with Crippen LogP contribution in [0.25, 0.3) is 6.08 Å². The Balaban J connectivity index is 1.76. The van der Waals surface area contributed by atoms with Gasteiger partial charge in [-0.05, 0) is 42.8 Å². The summed E-state index contributed by atoms with van der Waals surface area (Å²) in [5.41, 5.74) is 3.14. The minimum absolute atomic E-state index is 0.0708. The lowest BCUT2D eigenvalue weighted by molar-refractivity contribution is 0.104. The van der Waals surface area contributed by atoms with E-state index in [1.807, 2.05) is 55.5 Å². The number of carbonyl (C=O) groups excluding carboxylic acids is 1. The summed E-state index contributed by atoms with van der Waals surface area (Å²) in [5, 5.41) is 4.21. The van der Waals surface area contributed by atoms with Gasteiger partial charge in [0.2, 0.25) is 0 Å². The molecule has 0 N–H and O–H groups in total. The number of hydrogen-bond acceptors (Lipinski definition) is 4. The molecule has 27 heavy (non-hydrogen) atoms. The molecule has 0 unspecified atom stereocenters. The lowest BCUT2D eigenvalue weighted by atomic mass is 10.1. The van der Waals surface area contributed by atoms with Crippen molar-refractivity contribution in [3.05, 3.63) is 83.2 Å². The number of nitrogens with zero attached hydrogens (tertiary/aromatic N) is 2. The summed E-state index contributed by atoms with van der Waals surface area (Å²) in [7, 11) is 3.43. The maximum Gasteiger partial charge on any atom is 0.189 e. The van der Waals surface area contributed by atoms with E-state index in [0.29, 0.717) is 12.2 Å². The first-order valence-electron chi connectivity index (χ1n) is 8.64. The van der Waals surface area contributed by atoms with Crippen molar-refractivity contribution in [3.63, 3.8) is 0 Å². The van der Waals surface area contributed by atoms with Crippen LogP contribution in [-0.4, -0.2) is 22.7 Å². The SMILES string of the molecule is COc1ccc(/C=C/C(=O)c2cn(C)nc2C)cc1COc1ccccc1. The highest BCUT2D eigenvalue weighted by Gasteiger charge is 2.10. The van der Waals surface area contributed by atoms with E-state index in [2.05, 4.69) is 5.10 Å². The Kier molecular flexibility index (Phi) is 5.71. The van der Waals surface area contributed by atoms with Crippen molar-refractivity contribution in [2.24, 2.45) is 7.05 Å². The highest BCUT2D eigenvalue weighted by Crippen LogP contribution is 2.23. The van der Waals surface area contributed by atoms with Crippen LogP contribution >= 0.6 is 0 Å². The van der Waals surface area contributed by atoms with E-state index in [0.717, 1.165) is 28.3 Å². The highest BCUT2D eigenvalue weighted by molar-refractivity contribution is 6.07. The first-order chi connectivity index (χ1) is 13.1. The first-order valence-corrected chi connectivity index (χ1v) is 8.64. The molecule has 0 saturated carbocycles. The first kappa shape index (κ1) is 18.5. The van der Waals surface area contributed by atoms with Gasteiger partial charge in [0, 0.05) is 18.8 Å². The molecule has 3 aromatic rings. The molecule has 3 rings (SSSR count). The molecular weight excluding hydrogens is 340 g/mol. The van der Waals surface area contributed by atoms with Gasteiger partial charge in [-0.25, -0.2) is 0 Å². The number of benzene rings is 2. The van der Waals surface area contributed by atoms with Gasteiger partial charge in [-0.1, -0.05) is 30.3 Å². The molecule has 0 atom stereocenters. The minimum Gasteiger partial charge on any atom is -0.496 e. The third-order valence-electron chi connectivity index (χ3n) is 4.15. The van der Waals surface area contributed by atoms with Gasteiger partial charge in [0.15, 0.2) is 5.78 Å². The number of ether oxygens (including phenoxy) is 2. The Bertz CT molecular complexity index is 959. The van der Waals surface area contributed by atoms with Crippen molar-refractivity contribution < 1.29 is 14.3 Å². The van der Waals surface area contributed by atoms with Gasteiger partial charge in [0.25, 0.3) is 0 Å². The van der Waals surface area contributed by atoms with Gasteiger partial charge >= 0.3 is 0 Å². The fourth-order valence-electron chi connectivity index (χ4n) is 2.80. The molecule has 0 aliphatic rings. The molecular formula is C22H22N2O3. The molecule has 0 amide bonds. The lowest BCUT2D eigenvalue weighted by Gasteiger charge is -2.11. The van der Waals surface area contributed by atoms with Gasteiger partial charge in [0.1, 0.15) is 18.1 Å². The lowest BCUT2D eigenvalue weighted by Crippen LogP contribution is -1.99. The molecule has 0 fully saturated rings. The summed E-state index contributed by atoms with van der Waals surface area (Å²) in [4.78, 5) is 12.4. The quantitative estimate of drug-likeness (QED) is 0.467. The van der Waals surface area contributed by atoms with Crippen molar-refractivity contribution in [1.29, 1.82) is 0 Å². The summed E-state index contributed by atoms with van der Waals surface area (Å²) in [6, 6.07) is 15.4. The predicted molar refractivity (Wildman–Crippen MR) is 105 cm³/mol. The maximum atomic E-state index is 12.4. The van der Waals surface area contributed by atoms with E-state index in [4.69, 9.17) is 9.47 Å². The van der Waals surface area contributed by atoms with Crippen molar-refractivity contribution in [3.8, 4) is 11.5 Å². The number of para-hydroxylation sites is 1. The van der Waals surface area contributed by atoms with Crippen LogP contribution in [-0.2, 0) is 13.7 Å². The van der Waals surface area contributed by atoms with Crippen molar-refractivity contribution >= 4 is 11.9 Å². The molecule has 0 radical (unpaired) electrons. The van der Waals surface area contributed by atoms with Crippen LogP contribution in [0.5, 0.6) is 11.5 Å². The summed E-state index contributed by atoms with van der Waals surface area (Å²) in [6.45, 7) is 2.21. The highest BCUT2D eigenvalue weighted by atomic mass is 16.5. The number of allylic oxidation sites excluding steroid dienone is 1. The molecule has 5 nitrogen and oxygen atoms in total. The third kappa shape index (κ3) is 4.64. The van der Waals surface area contributed by atoms with Crippen LogP contribution in [0.4, 0.5) is 0 Å². The molecule has 0 spiro atoms. The monoisotopic (exact) mass is 362 g/mol. The second-order valence-electron chi connectivity index (χ2n) is 6.17. The van der Waals surface area contributed by atoms with Crippen LogP contribution in [0.1, 0.15) is 27.2 Å². The van der Waals surface area contributed by atoms with Crippen LogP contribution in [0.3, 0.4) is 0 Å². The molecule has 1 aromatic heterocycles. The zero-order valence-electron chi connectivity index (χ0n) is 15.7. The van der Waals surface area contributed by atoms with Crippen molar-refractivity contribution in [1.82, 2.24) is 9.78 Å². The molecule has 1 heterocycles. The Morgan fingerprint density at radius 3 is 2.63 bits per heavy atom. The number of rotatable bonds is 7. The largest absolute Gasteiger partial charge is 0.496 e. The minimum atomic E-state index is -0.0708. The van der Waals surface area contributed by atoms with Gasteiger partial charge in [-0.15, -0.1) is 0 Å². The molecule has 0 bridgehead atoms. The summed E-state index contributed by atoms with van der Waals surface area (Å²) in [6.07, 6.45) is 5.09. The molecule has 0 aliphatic heterocycles. The van der Waals surface area contributed by atoms with Crippen molar-refractivity contribution in [2.45, 2.75) is 13.5 Å². The fraction of sp³-hybridized carbons (Fsp3) is 0.182. The maximum absolute atomic E-state index is 12.4. The average molecular weight is 362 g/mol. The fourth-order valence-corrected chi connectivity index (χ4v) is 2.80. The topological polar surface area (TPSA) is 53.4 Å². The summed E-state index contributed by atoms with van der Waals surface area (Å²) < 4.78 is 12.9. The van der Waals surface area contributed by atoms with Gasteiger partial charge in [0.05, 0.1) is 18.4 Å². The second-order valence-corrected chi connectivity index (χ2v) is 6.17. The van der Waals surface area contributed by atoms with E-state index >= 15 is 0 Å². The third-order valence-corrected chi connectivity index (χ3v) is 4.15. The Labute approximate surface area is 158 Å². The van der Waals surface area contributed by atoms with E-state index in [9.17, 15) is 4.79 Å². The second kappa shape index (κ2) is 8.36. The molecule has 2 aromatic carbocycles. The normalized spacial score (nSPS) is 10.9. The Morgan fingerprint density at radius 1 is 1.19 bits per heavy atom. The number of aromatic nitrogens is 2. The molecule has 5 heteroatoms. The number of carbonyl (C=O) groups is 1. The number of aryl methyl sites for hydroxylation is 2. The molecule has 138 valence electrons. The zero-order valence-corrected chi connectivity index (χ0v) is 15.7. The standard InChI is InChI=1S/C22H22N2O3/c1-16-20(14-24(2)23-16)21(25)11-9-17-10-12-22(26-3)18(13-17)15-27-19-7-5-4-6-8-19/h4-14H,15H2,1-3H3/b11-9+. The molecule has 0 aliphatic carbocycles. The van der Waals surface area contributed by atoms with Crippen LogP contribution < -0.4 is 9.47 Å². The van der Waals surface area contributed by atoms with Gasteiger partial charge in [-0.2, -0.15) is 5.10 Å². The average Bonchev–Trinajstić information content (AvgIpc) is 3.03. The van der Waals surface area contributed by atoms with E-state index in [1.165, 1.54) is 0 Å². The number of ketones is 1. The van der Waals surface area contributed by atoms with E-state index in [1.54, 1.807) is 37.2 Å². The summed E-state index contributed by atoms with van der Waals surface area (Å²) >= 11 is 0. The molecule has 0 saturated heterocycles. The van der Waals surface area contributed by atoms with Crippen molar-refractivity contribution in [2.75, 3.05) is 7.11 Å². The number of methoxy groups -OCH3 is 1. The van der Waals surface area contributed by atoms with E-state index < -0.39 is 0 Å². The predicted octanol–water partition coefficient (Wildman–Crippen LogP) is 4.21. The van der Waals surface area contributed by atoms with E-state index in [-0.39, 0.29) is 5.78 Å². The van der Waals surface area contributed by atoms with Crippen LogP contribution in [0, 0.1) is 6.92 Å². The van der Waals surface area contributed by atoms with Gasteiger partial charge < -0.3 is 9.47 Å². The Morgan fingerprint density at radius 2 is 1.96 bits per heavy atom. The Hall–Kier alpha value is -3.34. The van der Waals surface area contributed by atoms with Crippen LogP contribution in [0.2, 0.25) is 0 Å². The van der Waals surface area contributed by atoms with Gasteiger partial charge in [-0.3, -0.25) is 9.48 Å².